The van der Waals surface area contributed by atoms with Crippen LogP contribution in [0.2, 0.25) is 19.6 Å². The summed E-state index contributed by atoms with van der Waals surface area (Å²) in [6.07, 6.45) is 1.77. The Kier molecular flexibility index (Phi) is 4.81. The van der Waals surface area contributed by atoms with Crippen LogP contribution in [0.5, 0.6) is 0 Å². The Balaban J connectivity index is 2.53. The van der Waals surface area contributed by atoms with Crippen LogP contribution in [-0.4, -0.2) is 8.32 Å². The molecular formula is C14H22O2Si. The van der Waals surface area contributed by atoms with Crippen LogP contribution in [0, 0.1) is 0 Å². The first-order chi connectivity index (χ1) is 7.88. The lowest BCUT2D eigenvalue weighted by Crippen LogP contribution is -2.24. The van der Waals surface area contributed by atoms with Gasteiger partial charge >= 0.3 is 0 Å². The maximum absolute atomic E-state index is 5.80. The van der Waals surface area contributed by atoms with E-state index in [1.165, 1.54) is 5.56 Å². The van der Waals surface area contributed by atoms with Gasteiger partial charge in [-0.15, -0.1) is 0 Å². The molecule has 0 heterocycles. The van der Waals surface area contributed by atoms with Crippen LogP contribution in [0.1, 0.15) is 25.5 Å². The van der Waals surface area contributed by atoms with Crippen LogP contribution in [0.25, 0.3) is 0 Å². The molecule has 1 aromatic carbocycles. The summed E-state index contributed by atoms with van der Waals surface area (Å²) in [5, 5.41) is 0. The highest BCUT2D eigenvalue weighted by atomic mass is 28.4. The standard InChI is InChI=1S/C14H22O2Si/c1-12(16-17(3,4)5)11-15-13(2)14-9-7-6-8-10-14/h6-11,13H,1-5H3/b12-11-/t13-/m0/s1. The highest BCUT2D eigenvalue weighted by Gasteiger charge is 2.16. The summed E-state index contributed by atoms with van der Waals surface area (Å²) in [5.74, 6) is 0.854. The first kappa shape index (κ1) is 13.8. The number of benzene rings is 1. The average Bonchev–Trinajstić information content (AvgIpc) is 2.25. The molecule has 0 aliphatic rings. The molecule has 0 spiro atoms. The van der Waals surface area contributed by atoms with Gasteiger partial charge in [0.1, 0.15) is 18.1 Å². The Hall–Kier alpha value is -1.22. The molecule has 0 N–H and O–H groups in total. The van der Waals surface area contributed by atoms with Crippen molar-refractivity contribution in [3.05, 3.63) is 47.9 Å². The van der Waals surface area contributed by atoms with Gasteiger partial charge in [0.2, 0.25) is 8.32 Å². The minimum Gasteiger partial charge on any atom is -0.545 e. The molecule has 2 nitrogen and oxygen atoms in total. The predicted octanol–water partition coefficient (Wildman–Crippen LogP) is 4.48. The minimum absolute atomic E-state index is 0.0522. The molecule has 17 heavy (non-hydrogen) atoms. The van der Waals surface area contributed by atoms with Gasteiger partial charge in [-0.3, -0.25) is 0 Å². The average molecular weight is 250 g/mol. The number of rotatable bonds is 5. The summed E-state index contributed by atoms with van der Waals surface area (Å²) in [4.78, 5) is 0. The summed E-state index contributed by atoms with van der Waals surface area (Å²) in [6, 6.07) is 10.2. The minimum atomic E-state index is -1.52. The fourth-order valence-corrected chi connectivity index (χ4v) is 2.52. The van der Waals surface area contributed by atoms with Gasteiger partial charge in [0, 0.05) is 0 Å². The van der Waals surface area contributed by atoms with Crippen molar-refractivity contribution in [2.75, 3.05) is 0 Å². The van der Waals surface area contributed by atoms with Gasteiger partial charge in [0.05, 0.1) is 0 Å². The van der Waals surface area contributed by atoms with E-state index in [0.29, 0.717) is 0 Å². The van der Waals surface area contributed by atoms with E-state index < -0.39 is 8.32 Å². The molecule has 0 unspecified atom stereocenters. The zero-order valence-corrected chi connectivity index (χ0v) is 12.4. The van der Waals surface area contributed by atoms with Gasteiger partial charge in [-0.25, -0.2) is 0 Å². The lowest BCUT2D eigenvalue weighted by atomic mass is 10.1. The predicted molar refractivity (Wildman–Crippen MR) is 74.1 cm³/mol. The zero-order valence-electron chi connectivity index (χ0n) is 11.4. The number of hydrogen-bond donors (Lipinski definition) is 0. The van der Waals surface area contributed by atoms with Crippen molar-refractivity contribution in [2.24, 2.45) is 0 Å². The highest BCUT2D eigenvalue weighted by molar-refractivity contribution is 6.70. The topological polar surface area (TPSA) is 18.5 Å². The Bertz CT molecular complexity index is 366. The van der Waals surface area contributed by atoms with Crippen LogP contribution in [0.4, 0.5) is 0 Å². The van der Waals surface area contributed by atoms with Crippen LogP contribution >= 0.6 is 0 Å². The van der Waals surface area contributed by atoms with E-state index >= 15 is 0 Å². The normalized spacial score (nSPS) is 14.3. The van der Waals surface area contributed by atoms with Crippen molar-refractivity contribution in [2.45, 2.75) is 39.6 Å². The molecule has 1 rings (SSSR count). The first-order valence-electron chi connectivity index (χ1n) is 5.95. The van der Waals surface area contributed by atoms with Gasteiger partial charge < -0.3 is 9.16 Å². The molecule has 0 saturated heterocycles. The summed E-state index contributed by atoms with van der Waals surface area (Å²) in [6.45, 7) is 10.4. The lowest BCUT2D eigenvalue weighted by molar-refractivity contribution is 0.153. The van der Waals surface area contributed by atoms with E-state index in [1.807, 2.05) is 32.0 Å². The Morgan fingerprint density at radius 3 is 2.29 bits per heavy atom. The number of ether oxygens (including phenoxy) is 1. The van der Waals surface area contributed by atoms with Gasteiger partial charge in [0.25, 0.3) is 0 Å². The van der Waals surface area contributed by atoms with Crippen molar-refractivity contribution in [3.63, 3.8) is 0 Å². The Morgan fingerprint density at radius 1 is 1.18 bits per heavy atom. The fourth-order valence-electron chi connectivity index (χ4n) is 1.51. The fraction of sp³-hybridized carbons (Fsp3) is 0.429. The van der Waals surface area contributed by atoms with E-state index in [4.69, 9.17) is 9.16 Å². The summed E-state index contributed by atoms with van der Waals surface area (Å²) >= 11 is 0. The Labute approximate surface area is 105 Å². The van der Waals surface area contributed by atoms with E-state index in [1.54, 1.807) is 6.26 Å². The molecule has 1 atom stereocenters. The summed E-state index contributed by atoms with van der Waals surface area (Å²) in [5.41, 5.74) is 1.17. The van der Waals surface area contributed by atoms with E-state index in [9.17, 15) is 0 Å². The van der Waals surface area contributed by atoms with Gasteiger partial charge in [-0.05, 0) is 39.1 Å². The second-order valence-electron chi connectivity index (χ2n) is 5.13. The van der Waals surface area contributed by atoms with Crippen LogP contribution < -0.4 is 0 Å². The third-order valence-corrected chi connectivity index (χ3v) is 3.11. The maximum atomic E-state index is 5.80. The molecule has 1 aromatic rings. The third-order valence-electron chi connectivity index (χ3n) is 2.17. The quantitative estimate of drug-likeness (QED) is 0.567. The third kappa shape index (κ3) is 5.59. The van der Waals surface area contributed by atoms with Gasteiger partial charge in [0.15, 0.2) is 0 Å². The molecule has 0 amide bonds. The maximum Gasteiger partial charge on any atom is 0.241 e. The molecule has 0 bridgehead atoms. The van der Waals surface area contributed by atoms with Crippen LogP contribution in [0.3, 0.4) is 0 Å². The van der Waals surface area contributed by atoms with Crippen molar-refractivity contribution >= 4 is 8.32 Å². The largest absolute Gasteiger partial charge is 0.545 e. The van der Waals surface area contributed by atoms with E-state index in [0.717, 1.165) is 5.76 Å². The number of allylic oxidation sites excluding steroid dienone is 1. The highest BCUT2D eigenvalue weighted by Crippen LogP contribution is 2.18. The molecule has 3 heteroatoms. The molecule has 94 valence electrons. The van der Waals surface area contributed by atoms with Crippen molar-refractivity contribution < 1.29 is 9.16 Å². The zero-order chi connectivity index (χ0) is 12.9. The van der Waals surface area contributed by atoms with Gasteiger partial charge in [-0.1, -0.05) is 30.3 Å². The van der Waals surface area contributed by atoms with E-state index in [-0.39, 0.29) is 6.10 Å². The summed E-state index contributed by atoms with van der Waals surface area (Å²) in [7, 11) is -1.52. The smallest absolute Gasteiger partial charge is 0.241 e. The SMILES string of the molecule is C/C(=C/O[C@@H](C)c1ccccc1)O[Si](C)(C)C. The van der Waals surface area contributed by atoms with E-state index in [2.05, 4.69) is 31.8 Å². The molecule has 0 aliphatic heterocycles. The Morgan fingerprint density at radius 2 is 1.76 bits per heavy atom. The molecule has 0 saturated carbocycles. The summed E-state index contributed by atoms with van der Waals surface area (Å²) < 4.78 is 11.5. The van der Waals surface area contributed by atoms with Crippen molar-refractivity contribution in [1.82, 2.24) is 0 Å². The second kappa shape index (κ2) is 5.91. The van der Waals surface area contributed by atoms with Gasteiger partial charge in [-0.2, -0.15) is 0 Å². The molecule has 0 aliphatic carbocycles. The van der Waals surface area contributed by atoms with Crippen molar-refractivity contribution in [1.29, 1.82) is 0 Å². The molecule has 0 fully saturated rings. The lowest BCUT2D eigenvalue weighted by Gasteiger charge is -2.20. The van der Waals surface area contributed by atoms with Crippen molar-refractivity contribution in [3.8, 4) is 0 Å². The molecule has 0 radical (unpaired) electrons. The van der Waals surface area contributed by atoms with Crippen LogP contribution in [0.15, 0.2) is 42.4 Å². The second-order valence-corrected chi connectivity index (χ2v) is 9.56. The molecular weight excluding hydrogens is 228 g/mol. The first-order valence-corrected chi connectivity index (χ1v) is 9.35. The van der Waals surface area contributed by atoms with Crippen LogP contribution in [-0.2, 0) is 9.16 Å². The molecule has 0 aromatic heterocycles. The number of hydrogen-bond acceptors (Lipinski definition) is 2. The monoisotopic (exact) mass is 250 g/mol.